The van der Waals surface area contributed by atoms with Gasteiger partial charge in [0.15, 0.2) is 0 Å². The zero-order chi connectivity index (χ0) is 13.7. The third-order valence-corrected chi connectivity index (χ3v) is 3.20. The van der Waals surface area contributed by atoms with Gasteiger partial charge in [0.05, 0.1) is 19.3 Å². The maximum atomic E-state index is 10.2. The standard InChI is InChI=1S/C16H19NO2/c1-19-14-9-7-13(8-10-14)16(17)15(18)11-12-5-3-2-4-6-12/h2-10,15-16,18H,11,17H2,1H3/t15-,16+/m0/s1. The van der Waals surface area contributed by atoms with Crippen molar-refractivity contribution >= 4 is 0 Å². The molecule has 2 atom stereocenters. The minimum Gasteiger partial charge on any atom is -0.497 e. The number of ether oxygens (including phenoxy) is 1. The van der Waals surface area contributed by atoms with Gasteiger partial charge in [-0.2, -0.15) is 0 Å². The minimum absolute atomic E-state index is 0.397. The third kappa shape index (κ3) is 3.56. The van der Waals surface area contributed by atoms with E-state index < -0.39 is 12.1 Å². The fourth-order valence-electron chi connectivity index (χ4n) is 2.03. The Morgan fingerprint density at radius 2 is 1.68 bits per heavy atom. The number of aliphatic hydroxyl groups is 1. The van der Waals surface area contributed by atoms with Crippen molar-refractivity contribution < 1.29 is 9.84 Å². The number of hydrogen-bond acceptors (Lipinski definition) is 3. The smallest absolute Gasteiger partial charge is 0.118 e. The minimum atomic E-state index is -0.601. The summed E-state index contributed by atoms with van der Waals surface area (Å²) in [6.45, 7) is 0. The first-order valence-corrected chi connectivity index (χ1v) is 6.32. The van der Waals surface area contributed by atoms with Crippen LogP contribution < -0.4 is 10.5 Å². The molecule has 0 unspecified atom stereocenters. The van der Waals surface area contributed by atoms with Crippen LogP contribution in [0.1, 0.15) is 17.2 Å². The summed E-state index contributed by atoms with van der Waals surface area (Å²) in [5, 5.41) is 10.2. The summed E-state index contributed by atoms with van der Waals surface area (Å²) in [7, 11) is 1.62. The van der Waals surface area contributed by atoms with E-state index in [1.807, 2.05) is 54.6 Å². The normalized spacial score (nSPS) is 13.8. The highest BCUT2D eigenvalue weighted by Gasteiger charge is 2.17. The molecule has 100 valence electrons. The molecule has 2 rings (SSSR count). The highest BCUT2D eigenvalue weighted by atomic mass is 16.5. The van der Waals surface area contributed by atoms with Gasteiger partial charge in [0.1, 0.15) is 5.75 Å². The molecule has 0 aliphatic carbocycles. The Morgan fingerprint density at radius 3 is 2.26 bits per heavy atom. The summed E-state index contributed by atoms with van der Waals surface area (Å²) in [5.74, 6) is 0.786. The van der Waals surface area contributed by atoms with E-state index in [0.717, 1.165) is 16.9 Å². The monoisotopic (exact) mass is 257 g/mol. The van der Waals surface area contributed by atoms with Crippen LogP contribution in [0.3, 0.4) is 0 Å². The Hall–Kier alpha value is -1.84. The molecule has 0 spiro atoms. The lowest BCUT2D eigenvalue weighted by Crippen LogP contribution is -2.28. The van der Waals surface area contributed by atoms with E-state index >= 15 is 0 Å². The molecule has 2 aromatic carbocycles. The fourth-order valence-corrected chi connectivity index (χ4v) is 2.03. The predicted octanol–water partition coefficient (Wildman–Crippen LogP) is 2.30. The Morgan fingerprint density at radius 1 is 1.05 bits per heavy atom. The van der Waals surface area contributed by atoms with Gasteiger partial charge in [0.25, 0.3) is 0 Å². The molecule has 2 aromatic rings. The van der Waals surface area contributed by atoms with Crippen LogP contribution in [0.2, 0.25) is 0 Å². The molecule has 0 fully saturated rings. The second-order valence-corrected chi connectivity index (χ2v) is 4.56. The van der Waals surface area contributed by atoms with Crippen LogP contribution in [-0.4, -0.2) is 18.3 Å². The maximum absolute atomic E-state index is 10.2. The van der Waals surface area contributed by atoms with E-state index in [9.17, 15) is 5.11 Å². The molecule has 3 nitrogen and oxygen atoms in total. The van der Waals surface area contributed by atoms with Crippen LogP contribution in [0.25, 0.3) is 0 Å². The number of rotatable bonds is 5. The Labute approximate surface area is 113 Å². The van der Waals surface area contributed by atoms with Crippen molar-refractivity contribution in [3.05, 3.63) is 65.7 Å². The highest BCUT2D eigenvalue weighted by molar-refractivity contribution is 5.30. The van der Waals surface area contributed by atoms with Crippen molar-refractivity contribution in [3.63, 3.8) is 0 Å². The molecule has 0 amide bonds. The van der Waals surface area contributed by atoms with E-state index in [1.165, 1.54) is 0 Å². The molecule has 0 saturated heterocycles. The Bertz CT molecular complexity index is 496. The zero-order valence-electron chi connectivity index (χ0n) is 11.0. The molecule has 0 saturated carbocycles. The zero-order valence-corrected chi connectivity index (χ0v) is 11.0. The van der Waals surface area contributed by atoms with E-state index in [-0.39, 0.29) is 0 Å². The Kier molecular flexibility index (Phi) is 4.55. The summed E-state index contributed by atoms with van der Waals surface area (Å²) in [6, 6.07) is 16.9. The predicted molar refractivity (Wildman–Crippen MR) is 76.1 cm³/mol. The van der Waals surface area contributed by atoms with Crippen molar-refractivity contribution in [1.82, 2.24) is 0 Å². The summed E-state index contributed by atoms with van der Waals surface area (Å²) in [5.41, 5.74) is 8.08. The van der Waals surface area contributed by atoms with Crippen LogP contribution in [-0.2, 0) is 6.42 Å². The largest absolute Gasteiger partial charge is 0.497 e. The molecule has 0 radical (unpaired) electrons. The third-order valence-electron chi connectivity index (χ3n) is 3.20. The molecular weight excluding hydrogens is 238 g/mol. The van der Waals surface area contributed by atoms with Gasteiger partial charge in [-0.3, -0.25) is 0 Å². The molecule has 0 bridgehead atoms. The average molecular weight is 257 g/mol. The first-order chi connectivity index (χ1) is 9.20. The van der Waals surface area contributed by atoms with E-state index in [4.69, 9.17) is 10.5 Å². The second-order valence-electron chi connectivity index (χ2n) is 4.56. The lowest BCUT2D eigenvalue weighted by molar-refractivity contribution is 0.145. The SMILES string of the molecule is COc1ccc([C@@H](N)[C@@H](O)Cc2ccccc2)cc1. The Balaban J connectivity index is 2.03. The number of hydrogen-bond donors (Lipinski definition) is 2. The average Bonchev–Trinajstić information content (AvgIpc) is 2.47. The summed E-state index contributed by atoms with van der Waals surface area (Å²) in [4.78, 5) is 0. The number of aliphatic hydroxyl groups excluding tert-OH is 1. The van der Waals surface area contributed by atoms with E-state index in [0.29, 0.717) is 6.42 Å². The quantitative estimate of drug-likeness (QED) is 0.864. The molecule has 3 heteroatoms. The lowest BCUT2D eigenvalue weighted by Gasteiger charge is -2.19. The van der Waals surface area contributed by atoms with Crippen molar-refractivity contribution in [3.8, 4) is 5.75 Å². The van der Waals surface area contributed by atoms with Gasteiger partial charge in [0.2, 0.25) is 0 Å². The fraction of sp³-hybridized carbons (Fsp3) is 0.250. The van der Waals surface area contributed by atoms with Crippen molar-refractivity contribution in [2.75, 3.05) is 7.11 Å². The summed E-state index contributed by atoms with van der Waals surface area (Å²) < 4.78 is 5.10. The van der Waals surface area contributed by atoms with Crippen LogP contribution in [0, 0.1) is 0 Å². The van der Waals surface area contributed by atoms with Crippen molar-refractivity contribution in [2.24, 2.45) is 5.73 Å². The summed E-state index contributed by atoms with van der Waals surface area (Å²) >= 11 is 0. The topological polar surface area (TPSA) is 55.5 Å². The number of nitrogens with two attached hydrogens (primary N) is 1. The molecule has 3 N–H and O–H groups in total. The molecule has 0 aromatic heterocycles. The maximum Gasteiger partial charge on any atom is 0.118 e. The first kappa shape index (κ1) is 13.6. The second kappa shape index (κ2) is 6.36. The molecule has 19 heavy (non-hydrogen) atoms. The van der Waals surface area contributed by atoms with Crippen LogP contribution >= 0.6 is 0 Å². The van der Waals surface area contributed by atoms with Gasteiger partial charge < -0.3 is 15.6 Å². The van der Waals surface area contributed by atoms with Gasteiger partial charge in [0, 0.05) is 6.42 Å². The van der Waals surface area contributed by atoms with Crippen LogP contribution in [0.5, 0.6) is 5.75 Å². The highest BCUT2D eigenvalue weighted by Crippen LogP contribution is 2.20. The van der Waals surface area contributed by atoms with Crippen molar-refractivity contribution in [1.29, 1.82) is 0 Å². The van der Waals surface area contributed by atoms with E-state index in [1.54, 1.807) is 7.11 Å². The van der Waals surface area contributed by atoms with Crippen LogP contribution in [0.15, 0.2) is 54.6 Å². The van der Waals surface area contributed by atoms with Gasteiger partial charge >= 0.3 is 0 Å². The number of methoxy groups -OCH3 is 1. The molecule has 0 aliphatic rings. The van der Waals surface area contributed by atoms with Crippen molar-refractivity contribution in [2.45, 2.75) is 18.6 Å². The number of benzene rings is 2. The van der Waals surface area contributed by atoms with E-state index in [2.05, 4.69) is 0 Å². The summed E-state index contributed by atoms with van der Waals surface area (Å²) in [6.07, 6.45) is -0.0515. The molecule has 0 heterocycles. The van der Waals surface area contributed by atoms with Gasteiger partial charge in [-0.05, 0) is 23.3 Å². The van der Waals surface area contributed by atoms with Gasteiger partial charge in [-0.25, -0.2) is 0 Å². The van der Waals surface area contributed by atoms with Gasteiger partial charge in [-0.1, -0.05) is 42.5 Å². The molecule has 0 aliphatic heterocycles. The first-order valence-electron chi connectivity index (χ1n) is 6.32. The lowest BCUT2D eigenvalue weighted by atomic mass is 9.97. The van der Waals surface area contributed by atoms with Gasteiger partial charge in [-0.15, -0.1) is 0 Å². The molecular formula is C16H19NO2. The van der Waals surface area contributed by atoms with Crippen LogP contribution in [0.4, 0.5) is 0 Å².